The summed E-state index contributed by atoms with van der Waals surface area (Å²) in [6.07, 6.45) is 8.75. The van der Waals surface area contributed by atoms with E-state index < -0.39 is 0 Å². The van der Waals surface area contributed by atoms with Gasteiger partial charge in [-0.25, -0.2) is 4.98 Å². The van der Waals surface area contributed by atoms with E-state index in [0.29, 0.717) is 23.8 Å². The first-order valence-corrected chi connectivity index (χ1v) is 11.5. The number of benzene rings is 1. The summed E-state index contributed by atoms with van der Waals surface area (Å²) in [5, 5.41) is 14.7. The van der Waals surface area contributed by atoms with Gasteiger partial charge in [0, 0.05) is 48.8 Å². The van der Waals surface area contributed by atoms with Gasteiger partial charge in [-0.2, -0.15) is 5.10 Å². The number of imidazole rings is 1. The van der Waals surface area contributed by atoms with Gasteiger partial charge in [0.05, 0.1) is 11.7 Å². The highest BCUT2D eigenvalue weighted by Gasteiger charge is 2.16. The van der Waals surface area contributed by atoms with Crippen molar-refractivity contribution >= 4 is 16.8 Å². The third kappa shape index (κ3) is 4.67. The van der Waals surface area contributed by atoms with Crippen LogP contribution in [0.4, 0.5) is 0 Å². The summed E-state index contributed by atoms with van der Waals surface area (Å²) >= 11 is 0. The zero-order valence-corrected chi connectivity index (χ0v) is 19.6. The quantitative estimate of drug-likeness (QED) is 0.276. The molecule has 0 saturated heterocycles. The summed E-state index contributed by atoms with van der Waals surface area (Å²) in [7, 11) is 0. The van der Waals surface area contributed by atoms with E-state index in [-0.39, 0.29) is 5.91 Å². The van der Waals surface area contributed by atoms with Crippen molar-refractivity contribution in [2.24, 2.45) is 0 Å². The molecule has 1 aromatic carbocycles. The van der Waals surface area contributed by atoms with Gasteiger partial charge in [-0.05, 0) is 53.9 Å². The minimum Gasteiger partial charge on any atom is -0.347 e. The Labute approximate surface area is 202 Å². The van der Waals surface area contributed by atoms with Crippen LogP contribution in [0.15, 0.2) is 61.3 Å². The fourth-order valence-corrected chi connectivity index (χ4v) is 4.00. The maximum absolute atomic E-state index is 12.6. The number of amides is 1. The number of nitrogens with one attached hydrogen (secondary N) is 4. The Morgan fingerprint density at radius 2 is 1.97 bits per heavy atom. The second-order valence-electron chi connectivity index (χ2n) is 8.27. The molecule has 0 aliphatic carbocycles. The molecule has 0 fully saturated rings. The van der Waals surface area contributed by atoms with E-state index in [0.717, 1.165) is 40.7 Å². The SMILES string of the molecule is CCNCc1cncc(-c2ccc3[nH]nc(-c4ncc(C(=O)NCc5cccnc5)[nH]4)c3c2)c1C. The fraction of sp³-hybridized carbons (Fsp3) is 0.192. The van der Waals surface area contributed by atoms with Crippen LogP contribution in [0.3, 0.4) is 0 Å². The molecule has 9 nitrogen and oxygen atoms in total. The fourth-order valence-electron chi connectivity index (χ4n) is 4.00. The largest absolute Gasteiger partial charge is 0.347 e. The van der Waals surface area contributed by atoms with Crippen LogP contribution < -0.4 is 10.6 Å². The molecular weight excluding hydrogens is 440 g/mol. The van der Waals surface area contributed by atoms with Crippen LogP contribution >= 0.6 is 0 Å². The number of aromatic amines is 2. The van der Waals surface area contributed by atoms with E-state index in [1.807, 2.05) is 30.6 Å². The minimum absolute atomic E-state index is 0.243. The number of aromatic nitrogens is 6. The summed E-state index contributed by atoms with van der Waals surface area (Å²) in [4.78, 5) is 28.6. The molecule has 0 spiro atoms. The van der Waals surface area contributed by atoms with Gasteiger partial charge in [0.1, 0.15) is 11.4 Å². The molecule has 9 heteroatoms. The molecule has 0 bridgehead atoms. The van der Waals surface area contributed by atoms with Crippen LogP contribution in [0, 0.1) is 6.92 Å². The van der Waals surface area contributed by atoms with Crippen molar-refractivity contribution in [1.82, 2.24) is 40.8 Å². The second-order valence-corrected chi connectivity index (χ2v) is 8.27. The Bertz CT molecular complexity index is 1470. The van der Waals surface area contributed by atoms with Crippen LogP contribution in [-0.2, 0) is 13.1 Å². The summed E-state index contributed by atoms with van der Waals surface area (Å²) < 4.78 is 0. The molecule has 0 atom stereocenters. The maximum atomic E-state index is 12.6. The van der Waals surface area contributed by atoms with Crippen molar-refractivity contribution in [2.75, 3.05) is 6.54 Å². The lowest BCUT2D eigenvalue weighted by atomic mass is 9.98. The second kappa shape index (κ2) is 9.86. The Hall–Kier alpha value is -4.37. The van der Waals surface area contributed by atoms with Gasteiger partial charge in [0.25, 0.3) is 5.91 Å². The van der Waals surface area contributed by atoms with E-state index in [1.54, 1.807) is 12.4 Å². The molecule has 1 amide bonds. The molecule has 4 heterocycles. The van der Waals surface area contributed by atoms with Crippen molar-refractivity contribution in [3.8, 4) is 22.6 Å². The monoisotopic (exact) mass is 466 g/mol. The number of hydrogen-bond acceptors (Lipinski definition) is 6. The van der Waals surface area contributed by atoms with Gasteiger partial charge in [0.15, 0.2) is 5.82 Å². The third-order valence-electron chi connectivity index (χ3n) is 5.98. The van der Waals surface area contributed by atoms with Crippen molar-refractivity contribution in [3.63, 3.8) is 0 Å². The predicted molar refractivity (Wildman–Crippen MR) is 134 cm³/mol. The van der Waals surface area contributed by atoms with Crippen molar-refractivity contribution in [3.05, 3.63) is 83.7 Å². The number of hydrogen-bond donors (Lipinski definition) is 4. The number of nitrogens with zero attached hydrogens (tertiary/aromatic N) is 4. The molecule has 0 aliphatic rings. The lowest BCUT2D eigenvalue weighted by molar-refractivity contribution is 0.0946. The first-order valence-electron chi connectivity index (χ1n) is 11.5. The number of carbonyl (C=O) groups excluding carboxylic acids is 1. The van der Waals surface area contributed by atoms with E-state index in [9.17, 15) is 4.79 Å². The average molecular weight is 467 g/mol. The summed E-state index contributed by atoms with van der Waals surface area (Å²) in [5.41, 5.74) is 7.31. The number of H-pyrrole nitrogens is 2. The van der Waals surface area contributed by atoms with Crippen LogP contribution in [0.1, 0.15) is 34.1 Å². The van der Waals surface area contributed by atoms with Gasteiger partial charge in [-0.3, -0.25) is 19.9 Å². The van der Waals surface area contributed by atoms with Crippen molar-refractivity contribution in [1.29, 1.82) is 0 Å². The van der Waals surface area contributed by atoms with E-state index in [2.05, 4.69) is 66.7 Å². The molecule has 4 aromatic heterocycles. The van der Waals surface area contributed by atoms with Gasteiger partial charge >= 0.3 is 0 Å². The number of carbonyl (C=O) groups is 1. The van der Waals surface area contributed by atoms with Crippen LogP contribution in [0.5, 0.6) is 0 Å². The van der Waals surface area contributed by atoms with E-state index in [4.69, 9.17) is 0 Å². The standard InChI is InChI=1S/C26H26N8O/c1-3-27-12-19-13-29-14-21(16(19)2)18-6-7-22-20(9-18)24(34-33-22)25-30-15-23(32-25)26(35)31-11-17-5-4-8-28-10-17/h4-10,13-15,27H,3,11-12H2,1-2H3,(H,30,32)(H,31,35)(H,33,34). The lowest BCUT2D eigenvalue weighted by Crippen LogP contribution is -2.23. The summed E-state index contributed by atoms with van der Waals surface area (Å²) in [6, 6.07) is 9.89. The molecule has 35 heavy (non-hydrogen) atoms. The zero-order valence-electron chi connectivity index (χ0n) is 19.6. The predicted octanol–water partition coefficient (Wildman–Crippen LogP) is 3.76. The highest BCUT2D eigenvalue weighted by Crippen LogP contribution is 2.31. The van der Waals surface area contributed by atoms with E-state index in [1.165, 1.54) is 17.3 Å². The molecule has 0 unspecified atom stereocenters. The normalized spacial score (nSPS) is 11.1. The molecule has 5 rings (SSSR count). The first-order chi connectivity index (χ1) is 17.1. The summed E-state index contributed by atoms with van der Waals surface area (Å²) in [6.45, 7) is 6.27. The summed E-state index contributed by atoms with van der Waals surface area (Å²) in [5.74, 6) is 0.281. The Morgan fingerprint density at radius 1 is 1.06 bits per heavy atom. The van der Waals surface area contributed by atoms with Gasteiger partial charge in [0.2, 0.25) is 0 Å². The number of rotatable bonds is 8. The van der Waals surface area contributed by atoms with Gasteiger partial charge in [-0.15, -0.1) is 0 Å². The van der Waals surface area contributed by atoms with Crippen molar-refractivity contribution in [2.45, 2.75) is 26.9 Å². The van der Waals surface area contributed by atoms with Crippen LogP contribution in [0.2, 0.25) is 0 Å². The Balaban J connectivity index is 1.41. The lowest BCUT2D eigenvalue weighted by Gasteiger charge is -2.11. The zero-order chi connectivity index (χ0) is 24.2. The topological polar surface area (TPSA) is 124 Å². The number of fused-ring (bicyclic) bond motifs is 1. The van der Waals surface area contributed by atoms with Crippen LogP contribution in [-0.4, -0.2) is 42.6 Å². The van der Waals surface area contributed by atoms with Gasteiger partial charge in [-0.1, -0.05) is 19.1 Å². The third-order valence-corrected chi connectivity index (χ3v) is 5.98. The van der Waals surface area contributed by atoms with Gasteiger partial charge < -0.3 is 15.6 Å². The highest BCUT2D eigenvalue weighted by atomic mass is 16.1. The molecule has 0 radical (unpaired) electrons. The number of pyridine rings is 2. The molecule has 0 aliphatic heterocycles. The minimum atomic E-state index is -0.243. The molecule has 176 valence electrons. The smallest absolute Gasteiger partial charge is 0.269 e. The molecule has 4 N–H and O–H groups in total. The van der Waals surface area contributed by atoms with Crippen molar-refractivity contribution < 1.29 is 4.79 Å². The van der Waals surface area contributed by atoms with Crippen LogP contribution in [0.25, 0.3) is 33.5 Å². The highest BCUT2D eigenvalue weighted by molar-refractivity contribution is 5.96. The molecule has 0 saturated carbocycles. The van der Waals surface area contributed by atoms with E-state index >= 15 is 0 Å². The Kier molecular flexibility index (Phi) is 6.32. The Morgan fingerprint density at radius 3 is 2.80 bits per heavy atom. The first kappa shape index (κ1) is 22.4. The molecule has 5 aromatic rings. The average Bonchev–Trinajstić information content (AvgIpc) is 3.54. The maximum Gasteiger partial charge on any atom is 0.269 e. The molecular formula is C26H26N8O.